The molecule has 4 rings (SSSR count). The van der Waals surface area contributed by atoms with Gasteiger partial charge in [0.15, 0.2) is 6.61 Å². The van der Waals surface area contributed by atoms with Gasteiger partial charge in [-0.2, -0.15) is 0 Å². The van der Waals surface area contributed by atoms with Crippen LogP contribution >= 0.6 is 11.6 Å². The zero-order valence-corrected chi connectivity index (χ0v) is 14.9. The molecule has 0 saturated heterocycles. The average Bonchev–Trinajstić information content (AvgIpc) is 3.32. The quantitative estimate of drug-likeness (QED) is 0.832. The lowest BCUT2D eigenvalue weighted by molar-refractivity contribution is -0.118. The van der Waals surface area contributed by atoms with Crippen molar-refractivity contribution in [2.45, 2.75) is 23.3 Å². The lowest BCUT2D eigenvalue weighted by Gasteiger charge is -2.19. The summed E-state index contributed by atoms with van der Waals surface area (Å²) in [7, 11) is -3.89. The van der Waals surface area contributed by atoms with E-state index in [2.05, 4.69) is 10.0 Å². The summed E-state index contributed by atoms with van der Waals surface area (Å²) in [5.74, 6) is -0.523. The Kier molecular flexibility index (Phi) is 4.13. The van der Waals surface area contributed by atoms with Crippen LogP contribution in [0.15, 0.2) is 41.3 Å². The summed E-state index contributed by atoms with van der Waals surface area (Å²) < 4.78 is 46.5. The number of carbonyl (C=O) groups is 1. The van der Waals surface area contributed by atoms with Crippen LogP contribution in [0.4, 0.5) is 10.1 Å². The van der Waals surface area contributed by atoms with Crippen LogP contribution in [0.3, 0.4) is 0 Å². The molecule has 2 aliphatic rings. The van der Waals surface area contributed by atoms with Gasteiger partial charge < -0.3 is 10.1 Å². The number of nitrogens with one attached hydrogen (secondary N) is 2. The molecule has 26 heavy (non-hydrogen) atoms. The Hall–Kier alpha value is -2.16. The molecule has 9 heteroatoms. The van der Waals surface area contributed by atoms with Gasteiger partial charge in [0.05, 0.1) is 10.7 Å². The van der Waals surface area contributed by atoms with Crippen molar-refractivity contribution < 1.29 is 22.3 Å². The first kappa shape index (κ1) is 17.3. The van der Waals surface area contributed by atoms with Gasteiger partial charge in [0.1, 0.15) is 16.5 Å². The molecule has 1 aliphatic carbocycles. The molecule has 1 aliphatic heterocycles. The van der Waals surface area contributed by atoms with Crippen molar-refractivity contribution in [3.63, 3.8) is 0 Å². The van der Waals surface area contributed by atoms with Crippen molar-refractivity contribution in [3.8, 4) is 5.75 Å². The number of benzene rings is 2. The van der Waals surface area contributed by atoms with Gasteiger partial charge in [0.2, 0.25) is 10.0 Å². The third-order valence-corrected chi connectivity index (χ3v) is 6.28. The summed E-state index contributed by atoms with van der Waals surface area (Å²) in [4.78, 5) is 11.2. The monoisotopic (exact) mass is 396 g/mol. The second-order valence-electron chi connectivity index (χ2n) is 6.24. The smallest absolute Gasteiger partial charge is 0.262 e. The number of rotatable bonds is 4. The molecule has 0 aromatic heterocycles. The Morgan fingerprint density at radius 3 is 2.85 bits per heavy atom. The maximum Gasteiger partial charge on any atom is 0.262 e. The van der Waals surface area contributed by atoms with Crippen LogP contribution in [0.2, 0.25) is 5.02 Å². The van der Waals surface area contributed by atoms with Crippen molar-refractivity contribution in [1.29, 1.82) is 0 Å². The van der Waals surface area contributed by atoms with Gasteiger partial charge in [0.25, 0.3) is 5.91 Å². The normalized spacial score (nSPS) is 21.5. The SMILES string of the molecule is O=C1COc2cc(S(=O)(=O)NC3CC3c3cccc(F)c3)c(Cl)cc2N1. The Bertz CT molecular complexity index is 1010. The summed E-state index contributed by atoms with van der Waals surface area (Å²) in [6, 6.07) is 8.43. The molecule has 0 bridgehead atoms. The first-order valence-corrected chi connectivity index (χ1v) is 9.73. The number of anilines is 1. The van der Waals surface area contributed by atoms with Crippen LogP contribution < -0.4 is 14.8 Å². The third kappa shape index (κ3) is 3.27. The largest absolute Gasteiger partial charge is 0.482 e. The highest BCUT2D eigenvalue weighted by Crippen LogP contribution is 2.43. The summed E-state index contributed by atoms with van der Waals surface area (Å²) in [5, 5.41) is 2.54. The highest BCUT2D eigenvalue weighted by Gasteiger charge is 2.42. The molecule has 2 N–H and O–H groups in total. The molecule has 6 nitrogen and oxygen atoms in total. The number of fused-ring (bicyclic) bond motifs is 1. The lowest BCUT2D eigenvalue weighted by Crippen LogP contribution is -2.28. The van der Waals surface area contributed by atoms with E-state index >= 15 is 0 Å². The molecule has 1 saturated carbocycles. The van der Waals surface area contributed by atoms with E-state index in [4.69, 9.17) is 16.3 Å². The van der Waals surface area contributed by atoms with E-state index in [1.54, 1.807) is 12.1 Å². The molecule has 1 amide bonds. The number of hydrogen-bond acceptors (Lipinski definition) is 4. The molecule has 1 heterocycles. The third-order valence-electron chi connectivity index (χ3n) is 4.33. The fraction of sp³-hybridized carbons (Fsp3) is 0.235. The highest BCUT2D eigenvalue weighted by atomic mass is 35.5. The molecular weight excluding hydrogens is 383 g/mol. The summed E-state index contributed by atoms with van der Waals surface area (Å²) in [6.45, 7) is -0.189. The van der Waals surface area contributed by atoms with Crippen LogP contribution in [0.5, 0.6) is 5.75 Å². The van der Waals surface area contributed by atoms with Gasteiger partial charge in [-0.15, -0.1) is 0 Å². The predicted octanol–water partition coefficient (Wildman–Crippen LogP) is 2.64. The van der Waals surface area contributed by atoms with Gasteiger partial charge in [-0.05, 0) is 30.2 Å². The van der Waals surface area contributed by atoms with Gasteiger partial charge in [-0.3, -0.25) is 4.79 Å². The Morgan fingerprint density at radius 1 is 1.27 bits per heavy atom. The number of amides is 1. The van der Waals surface area contributed by atoms with Crippen LogP contribution in [0.25, 0.3) is 0 Å². The Morgan fingerprint density at radius 2 is 2.08 bits per heavy atom. The van der Waals surface area contributed by atoms with Crippen LogP contribution in [0.1, 0.15) is 17.9 Å². The fourth-order valence-corrected chi connectivity index (χ4v) is 4.81. The maximum absolute atomic E-state index is 13.3. The summed E-state index contributed by atoms with van der Waals surface area (Å²) in [6.07, 6.45) is 0.581. The van der Waals surface area contributed by atoms with E-state index < -0.39 is 10.0 Å². The van der Waals surface area contributed by atoms with Crippen molar-refractivity contribution in [1.82, 2.24) is 4.72 Å². The van der Waals surface area contributed by atoms with E-state index in [-0.39, 0.29) is 46.0 Å². The van der Waals surface area contributed by atoms with E-state index in [0.29, 0.717) is 12.1 Å². The van der Waals surface area contributed by atoms with Gasteiger partial charge in [-0.1, -0.05) is 23.7 Å². The Labute approximate surface area is 154 Å². The molecule has 136 valence electrons. The lowest BCUT2D eigenvalue weighted by atomic mass is 10.1. The van der Waals surface area contributed by atoms with Crippen LogP contribution in [0, 0.1) is 5.82 Å². The second kappa shape index (κ2) is 6.22. The number of sulfonamides is 1. The minimum absolute atomic E-state index is 0.0231. The molecule has 1 fully saturated rings. The number of ether oxygens (including phenoxy) is 1. The molecule has 2 aromatic carbocycles. The first-order valence-electron chi connectivity index (χ1n) is 7.87. The van der Waals surface area contributed by atoms with Gasteiger partial charge in [0, 0.05) is 18.0 Å². The molecule has 0 spiro atoms. The standard InChI is InChI=1S/C17H14ClFN2O4S/c18-12-6-14-15(25-8-17(22)20-14)7-16(12)26(23,24)21-13-5-11(13)9-2-1-3-10(19)4-9/h1-4,6-7,11,13,21H,5,8H2,(H,20,22). The Balaban J connectivity index is 1.55. The van der Waals surface area contributed by atoms with Crippen LogP contribution in [-0.4, -0.2) is 27.0 Å². The van der Waals surface area contributed by atoms with Gasteiger partial charge in [-0.25, -0.2) is 17.5 Å². The molecule has 2 aromatic rings. The van der Waals surface area contributed by atoms with E-state index in [9.17, 15) is 17.6 Å². The highest BCUT2D eigenvalue weighted by molar-refractivity contribution is 7.89. The molecule has 0 radical (unpaired) electrons. The second-order valence-corrected chi connectivity index (χ2v) is 8.33. The number of halogens is 2. The summed E-state index contributed by atoms with van der Waals surface area (Å²) in [5.41, 5.74) is 1.08. The number of carbonyl (C=O) groups excluding carboxylic acids is 1. The minimum atomic E-state index is -3.89. The van der Waals surface area contributed by atoms with Gasteiger partial charge >= 0.3 is 0 Å². The predicted molar refractivity (Wildman–Crippen MR) is 93.4 cm³/mol. The molecule has 2 unspecified atom stereocenters. The molecule has 2 atom stereocenters. The van der Waals surface area contributed by atoms with Crippen LogP contribution in [-0.2, 0) is 14.8 Å². The van der Waals surface area contributed by atoms with Crippen molar-refractivity contribution >= 4 is 33.2 Å². The first-order chi connectivity index (χ1) is 12.3. The average molecular weight is 397 g/mol. The van der Waals surface area contributed by atoms with Crippen molar-refractivity contribution in [2.75, 3.05) is 11.9 Å². The van der Waals surface area contributed by atoms with Crippen molar-refractivity contribution in [2.24, 2.45) is 0 Å². The van der Waals surface area contributed by atoms with E-state index in [0.717, 1.165) is 5.56 Å². The minimum Gasteiger partial charge on any atom is -0.482 e. The van der Waals surface area contributed by atoms with E-state index in [1.807, 2.05) is 0 Å². The van der Waals surface area contributed by atoms with Crippen molar-refractivity contribution in [3.05, 3.63) is 52.8 Å². The number of hydrogen-bond donors (Lipinski definition) is 2. The topological polar surface area (TPSA) is 84.5 Å². The molecular formula is C17H14ClFN2O4S. The fourth-order valence-electron chi connectivity index (χ4n) is 2.98. The zero-order valence-electron chi connectivity index (χ0n) is 13.3. The zero-order chi connectivity index (χ0) is 18.5. The maximum atomic E-state index is 13.3. The van der Waals surface area contributed by atoms with E-state index in [1.165, 1.54) is 24.3 Å². The summed E-state index contributed by atoms with van der Waals surface area (Å²) >= 11 is 6.10.